The van der Waals surface area contributed by atoms with E-state index in [1.54, 1.807) is 14.2 Å². The highest BCUT2D eigenvalue weighted by molar-refractivity contribution is 5.85. The number of carbonyl (C=O) groups excluding carboxylic acids is 1. The Morgan fingerprint density at radius 3 is 2.16 bits per heavy atom. The van der Waals surface area contributed by atoms with E-state index in [4.69, 9.17) is 18.9 Å². The molecule has 2 aromatic heterocycles. The van der Waals surface area contributed by atoms with Gasteiger partial charge in [0, 0.05) is 55.6 Å². The molecule has 37 heavy (non-hydrogen) atoms. The zero-order valence-electron chi connectivity index (χ0n) is 21.9. The molecule has 0 amide bonds. The third kappa shape index (κ3) is 4.97. The van der Waals surface area contributed by atoms with Crippen molar-refractivity contribution in [3.8, 4) is 22.6 Å². The lowest BCUT2D eigenvalue weighted by molar-refractivity contribution is 0.0335. The van der Waals surface area contributed by atoms with Gasteiger partial charge in [0.1, 0.15) is 17.8 Å². The number of methoxy groups -OCH3 is 2. The molecule has 5 rings (SSSR count). The van der Waals surface area contributed by atoms with Crippen LogP contribution in [0.4, 0.5) is 0 Å². The van der Waals surface area contributed by atoms with Crippen molar-refractivity contribution in [3.63, 3.8) is 0 Å². The summed E-state index contributed by atoms with van der Waals surface area (Å²) < 4.78 is 24.8. The average molecular weight is 506 g/mol. The van der Waals surface area contributed by atoms with E-state index in [1.165, 1.54) is 0 Å². The van der Waals surface area contributed by atoms with E-state index in [9.17, 15) is 4.79 Å². The molecule has 0 radical (unpaired) electrons. The maximum Gasteiger partial charge on any atom is 0.150 e. The van der Waals surface area contributed by atoms with Crippen LogP contribution in [0.1, 0.15) is 27.2 Å². The summed E-state index contributed by atoms with van der Waals surface area (Å²) in [5.41, 5.74) is 7.37. The Bertz CT molecular complexity index is 1280. The van der Waals surface area contributed by atoms with Crippen molar-refractivity contribution in [1.29, 1.82) is 0 Å². The summed E-state index contributed by atoms with van der Waals surface area (Å²) in [5.74, 6) is 1.58. The number of morpholine rings is 2. The predicted octanol–water partition coefficient (Wildman–Crippen LogP) is 3.88. The highest BCUT2D eigenvalue weighted by Gasteiger charge is 2.22. The highest BCUT2D eigenvalue weighted by Crippen LogP contribution is 2.38. The van der Waals surface area contributed by atoms with Gasteiger partial charge in [-0.15, -0.1) is 0 Å². The van der Waals surface area contributed by atoms with E-state index in [2.05, 4.69) is 45.2 Å². The topological polar surface area (TPSA) is 64.9 Å². The normalized spacial score (nSPS) is 16.7. The molecule has 0 spiro atoms. The van der Waals surface area contributed by atoms with Gasteiger partial charge in [0.25, 0.3) is 0 Å². The van der Waals surface area contributed by atoms with Gasteiger partial charge in [0.15, 0.2) is 0 Å². The Kier molecular flexibility index (Phi) is 7.50. The van der Waals surface area contributed by atoms with E-state index in [0.717, 1.165) is 103 Å². The molecule has 0 unspecified atom stereocenters. The molecular formula is C29H35N3O5. The minimum absolute atomic E-state index is 0.664. The number of aldehydes is 1. The zero-order valence-corrected chi connectivity index (χ0v) is 21.9. The number of pyridine rings is 1. The van der Waals surface area contributed by atoms with Crippen molar-refractivity contribution in [2.75, 3.05) is 66.8 Å². The molecule has 8 heteroatoms. The lowest BCUT2D eigenvalue weighted by Crippen LogP contribution is -2.35. The molecule has 2 fully saturated rings. The van der Waals surface area contributed by atoms with Crippen LogP contribution in [0.25, 0.3) is 22.3 Å². The van der Waals surface area contributed by atoms with Crippen LogP contribution in [0.5, 0.6) is 11.5 Å². The number of ether oxygens (including phenoxy) is 4. The van der Waals surface area contributed by atoms with Crippen LogP contribution in [0, 0.1) is 6.92 Å². The lowest BCUT2D eigenvalue weighted by atomic mass is 10.0. The fourth-order valence-electron chi connectivity index (χ4n) is 5.28. The van der Waals surface area contributed by atoms with Crippen LogP contribution in [0.3, 0.4) is 0 Å². The van der Waals surface area contributed by atoms with E-state index in [1.807, 2.05) is 13.0 Å². The number of nitrogens with zero attached hydrogens (tertiary/aromatic N) is 3. The molecular weight excluding hydrogens is 470 g/mol. The molecule has 0 aliphatic carbocycles. The molecule has 2 aliphatic rings. The molecule has 4 heterocycles. The minimum Gasteiger partial charge on any atom is -0.496 e. The van der Waals surface area contributed by atoms with Crippen LogP contribution >= 0.6 is 0 Å². The van der Waals surface area contributed by atoms with Crippen molar-refractivity contribution in [1.82, 2.24) is 14.2 Å². The number of hydrogen-bond acceptors (Lipinski definition) is 7. The van der Waals surface area contributed by atoms with Gasteiger partial charge in [-0.3, -0.25) is 9.69 Å². The third-order valence-corrected chi connectivity index (χ3v) is 7.40. The summed E-state index contributed by atoms with van der Waals surface area (Å²) in [6, 6.07) is 8.16. The van der Waals surface area contributed by atoms with Gasteiger partial charge >= 0.3 is 0 Å². The zero-order chi connectivity index (χ0) is 25.9. The molecule has 0 N–H and O–H groups in total. The van der Waals surface area contributed by atoms with Gasteiger partial charge in [0.05, 0.1) is 57.6 Å². The molecule has 2 saturated heterocycles. The summed E-state index contributed by atoms with van der Waals surface area (Å²) in [5, 5.41) is 0. The monoisotopic (exact) mass is 505 g/mol. The van der Waals surface area contributed by atoms with Crippen LogP contribution in [-0.2, 0) is 16.0 Å². The van der Waals surface area contributed by atoms with Gasteiger partial charge < -0.3 is 28.2 Å². The van der Waals surface area contributed by atoms with Crippen LogP contribution in [0.2, 0.25) is 0 Å². The number of carbonyl (C=O) groups is 1. The number of hydrogen-bond donors (Lipinski definition) is 0. The van der Waals surface area contributed by atoms with E-state index in [0.29, 0.717) is 18.8 Å². The summed E-state index contributed by atoms with van der Waals surface area (Å²) in [6.45, 7) is 13.3. The molecule has 8 nitrogen and oxygen atoms in total. The summed E-state index contributed by atoms with van der Waals surface area (Å²) in [4.78, 5) is 16.5. The van der Waals surface area contributed by atoms with Crippen molar-refractivity contribution in [3.05, 3.63) is 59.4 Å². The molecule has 0 bridgehead atoms. The fourth-order valence-corrected chi connectivity index (χ4v) is 5.28. The highest BCUT2D eigenvalue weighted by atomic mass is 16.5. The number of fused-ring (bicyclic) bond motifs is 1. The molecule has 1 aromatic carbocycles. The maximum atomic E-state index is 11.9. The van der Waals surface area contributed by atoms with Crippen LogP contribution < -0.4 is 9.47 Å². The van der Waals surface area contributed by atoms with E-state index >= 15 is 0 Å². The molecule has 0 atom stereocenters. The average Bonchev–Trinajstić information content (AvgIpc) is 3.37. The summed E-state index contributed by atoms with van der Waals surface area (Å²) in [6.07, 6.45) is 3.03. The van der Waals surface area contributed by atoms with Crippen molar-refractivity contribution >= 4 is 17.5 Å². The Labute approximate surface area is 218 Å². The second-order valence-electron chi connectivity index (χ2n) is 9.51. The number of aromatic nitrogens is 1. The molecule has 196 valence electrons. The lowest BCUT2D eigenvalue weighted by Gasteiger charge is -2.31. The van der Waals surface area contributed by atoms with Crippen LogP contribution in [0.15, 0.2) is 37.0 Å². The second kappa shape index (κ2) is 11.0. The second-order valence-corrected chi connectivity index (χ2v) is 9.51. The Morgan fingerprint density at radius 2 is 1.57 bits per heavy atom. The molecule has 3 aromatic rings. The molecule has 0 saturated carbocycles. The van der Waals surface area contributed by atoms with Gasteiger partial charge in [-0.05, 0) is 42.3 Å². The predicted molar refractivity (Wildman–Crippen MR) is 144 cm³/mol. The first-order valence-electron chi connectivity index (χ1n) is 12.7. The maximum absolute atomic E-state index is 11.9. The SMILES string of the molecule is C=C(c1c(C)c(C=O)cc2cc(-c3cc(OC)c(CN4CCOCC4)c(OC)c3)cn12)N1CCOCC1. The Balaban J connectivity index is 1.58. The summed E-state index contributed by atoms with van der Waals surface area (Å²) in [7, 11) is 3.39. The first kappa shape index (κ1) is 25.3. The summed E-state index contributed by atoms with van der Waals surface area (Å²) >= 11 is 0. The van der Waals surface area contributed by atoms with E-state index < -0.39 is 0 Å². The van der Waals surface area contributed by atoms with Gasteiger partial charge in [-0.25, -0.2) is 0 Å². The van der Waals surface area contributed by atoms with Gasteiger partial charge in [-0.2, -0.15) is 0 Å². The molecule has 2 aliphatic heterocycles. The largest absolute Gasteiger partial charge is 0.496 e. The van der Waals surface area contributed by atoms with Crippen molar-refractivity contribution in [2.24, 2.45) is 0 Å². The number of rotatable bonds is 8. The standard InChI is InChI=1S/C29H35N3O5/c1-20-24(19-33)14-25-13-23(17-32(25)29(20)21(2)31-7-11-37-12-8-31)22-15-27(34-3)26(28(16-22)35-4)18-30-5-9-36-10-6-30/h13-17,19H,2,5-12,18H2,1,3-4H3. The minimum atomic E-state index is 0.664. The first-order valence-corrected chi connectivity index (χ1v) is 12.7. The van der Waals surface area contributed by atoms with Crippen molar-refractivity contribution < 1.29 is 23.7 Å². The van der Waals surface area contributed by atoms with Gasteiger partial charge in [0.2, 0.25) is 0 Å². The Morgan fingerprint density at radius 1 is 0.946 bits per heavy atom. The third-order valence-electron chi connectivity index (χ3n) is 7.40. The van der Waals surface area contributed by atoms with Gasteiger partial charge in [-0.1, -0.05) is 6.58 Å². The first-order chi connectivity index (χ1) is 18.0. The van der Waals surface area contributed by atoms with Crippen molar-refractivity contribution in [2.45, 2.75) is 13.5 Å². The Hall–Kier alpha value is -3.33. The van der Waals surface area contributed by atoms with E-state index in [-0.39, 0.29) is 0 Å². The quantitative estimate of drug-likeness (QED) is 0.431. The smallest absolute Gasteiger partial charge is 0.150 e. The van der Waals surface area contributed by atoms with Crippen LogP contribution in [-0.4, -0.2) is 87.3 Å². The number of benzene rings is 1. The fraction of sp³-hybridized carbons (Fsp3) is 0.414.